The Hall–Kier alpha value is -1.83. The second-order valence-electron chi connectivity index (χ2n) is 5.42. The Bertz CT molecular complexity index is 399. The highest BCUT2D eigenvalue weighted by Crippen LogP contribution is 2.20. The number of carbonyl (C=O) groups is 3. The van der Waals surface area contributed by atoms with Crippen LogP contribution in [0.2, 0.25) is 0 Å². The number of hydrogen-bond acceptors (Lipinski definition) is 4. The Kier molecular flexibility index (Phi) is 5.32. The molecule has 0 radical (unpaired) electrons. The van der Waals surface area contributed by atoms with Gasteiger partial charge >= 0.3 is 12.0 Å². The number of aliphatic hydroxyl groups excluding tert-OH is 1. The van der Waals surface area contributed by atoms with E-state index in [0.717, 1.165) is 4.90 Å². The van der Waals surface area contributed by atoms with Crippen molar-refractivity contribution in [3.05, 3.63) is 0 Å². The number of carboxylic acids is 1. The molecule has 1 saturated heterocycles. The summed E-state index contributed by atoms with van der Waals surface area (Å²) in [4.78, 5) is 36.8. The standard InChI is InChI=1S/C12H21N3O5/c1-7(2)4-14(6-10(13)17)12(20)15-5-8(16)3-9(15)11(18)19/h7-9,16H,3-6H2,1-2H3,(H2,13,17)(H,18,19)/t8-,9+/m1/s1. The molecule has 0 aromatic rings. The van der Waals surface area contributed by atoms with Crippen LogP contribution in [0.15, 0.2) is 0 Å². The molecule has 0 bridgehead atoms. The van der Waals surface area contributed by atoms with Crippen molar-refractivity contribution in [3.8, 4) is 0 Å². The predicted octanol–water partition coefficient (Wildman–Crippen LogP) is -0.930. The minimum absolute atomic E-state index is 0.00678. The third kappa shape index (κ3) is 4.09. The summed E-state index contributed by atoms with van der Waals surface area (Å²) in [6, 6.07) is -1.65. The van der Waals surface area contributed by atoms with Crippen LogP contribution in [-0.4, -0.2) is 69.7 Å². The number of primary amides is 1. The van der Waals surface area contributed by atoms with E-state index in [0.29, 0.717) is 6.54 Å². The predicted molar refractivity (Wildman–Crippen MR) is 69.8 cm³/mol. The molecule has 114 valence electrons. The average molecular weight is 287 g/mol. The largest absolute Gasteiger partial charge is 0.480 e. The van der Waals surface area contributed by atoms with Crippen LogP contribution < -0.4 is 5.73 Å². The van der Waals surface area contributed by atoms with Crippen LogP contribution >= 0.6 is 0 Å². The molecule has 0 spiro atoms. The van der Waals surface area contributed by atoms with E-state index in [9.17, 15) is 19.5 Å². The molecule has 8 nitrogen and oxygen atoms in total. The fourth-order valence-electron chi connectivity index (χ4n) is 2.28. The second kappa shape index (κ2) is 6.56. The molecule has 0 aromatic heterocycles. The molecular weight excluding hydrogens is 266 g/mol. The topological polar surface area (TPSA) is 124 Å². The molecule has 1 aliphatic heterocycles. The summed E-state index contributed by atoms with van der Waals surface area (Å²) in [5.74, 6) is -1.72. The molecule has 20 heavy (non-hydrogen) atoms. The number of likely N-dealkylation sites (tertiary alicyclic amines) is 1. The quantitative estimate of drug-likeness (QED) is 0.602. The Morgan fingerprint density at radius 3 is 2.45 bits per heavy atom. The molecule has 1 fully saturated rings. The number of amides is 3. The van der Waals surface area contributed by atoms with Gasteiger partial charge in [0.05, 0.1) is 6.10 Å². The van der Waals surface area contributed by atoms with Crippen molar-refractivity contribution in [3.63, 3.8) is 0 Å². The van der Waals surface area contributed by atoms with Gasteiger partial charge in [-0.05, 0) is 5.92 Å². The summed E-state index contributed by atoms with van der Waals surface area (Å²) < 4.78 is 0. The monoisotopic (exact) mass is 287 g/mol. The Labute approximate surface area is 117 Å². The lowest BCUT2D eigenvalue weighted by Crippen LogP contribution is -2.51. The number of aliphatic hydroxyl groups is 1. The van der Waals surface area contributed by atoms with Crippen molar-refractivity contribution in [1.29, 1.82) is 0 Å². The van der Waals surface area contributed by atoms with Gasteiger partial charge in [0.25, 0.3) is 0 Å². The number of nitrogens with zero attached hydrogens (tertiary/aromatic N) is 2. The van der Waals surface area contributed by atoms with E-state index in [1.165, 1.54) is 4.90 Å². The molecule has 1 rings (SSSR count). The number of aliphatic carboxylic acids is 1. The third-order valence-electron chi connectivity index (χ3n) is 3.01. The van der Waals surface area contributed by atoms with Gasteiger partial charge in [0, 0.05) is 19.5 Å². The lowest BCUT2D eigenvalue weighted by Gasteiger charge is -2.30. The van der Waals surface area contributed by atoms with Gasteiger partial charge in [0.1, 0.15) is 12.6 Å². The Morgan fingerprint density at radius 1 is 1.40 bits per heavy atom. The van der Waals surface area contributed by atoms with Gasteiger partial charge in [-0.2, -0.15) is 0 Å². The average Bonchev–Trinajstić information content (AvgIpc) is 2.68. The number of nitrogens with two attached hydrogens (primary N) is 1. The molecule has 8 heteroatoms. The van der Waals surface area contributed by atoms with Crippen LogP contribution in [0, 0.1) is 5.92 Å². The smallest absolute Gasteiger partial charge is 0.326 e. The highest BCUT2D eigenvalue weighted by Gasteiger charge is 2.40. The van der Waals surface area contributed by atoms with E-state index in [1.54, 1.807) is 0 Å². The minimum Gasteiger partial charge on any atom is -0.480 e. The van der Waals surface area contributed by atoms with Crippen molar-refractivity contribution in [2.45, 2.75) is 32.4 Å². The molecular formula is C12H21N3O5. The molecule has 0 unspecified atom stereocenters. The summed E-state index contributed by atoms with van der Waals surface area (Å²) in [6.07, 6.45) is -0.873. The van der Waals surface area contributed by atoms with Crippen molar-refractivity contribution >= 4 is 17.9 Å². The zero-order valence-electron chi connectivity index (χ0n) is 11.7. The number of carbonyl (C=O) groups excluding carboxylic acids is 2. The second-order valence-corrected chi connectivity index (χ2v) is 5.42. The minimum atomic E-state index is -1.17. The molecule has 0 saturated carbocycles. The van der Waals surface area contributed by atoms with Crippen molar-refractivity contribution in [2.75, 3.05) is 19.6 Å². The summed E-state index contributed by atoms with van der Waals surface area (Å²) in [7, 11) is 0. The van der Waals surface area contributed by atoms with Gasteiger partial charge < -0.3 is 25.7 Å². The van der Waals surface area contributed by atoms with Crippen LogP contribution in [0.4, 0.5) is 4.79 Å². The number of carboxylic acid groups (broad SMARTS) is 1. The summed E-state index contributed by atoms with van der Waals surface area (Å²) >= 11 is 0. The fourth-order valence-corrected chi connectivity index (χ4v) is 2.28. The maximum Gasteiger partial charge on any atom is 0.326 e. The first kappa shape index (κ1) is 16.2. The molecule has 3 amide bonds. The zero-order valence-corrected chi connectivity index (χ0v) is 11.7. The Balaban J connectivity index is 2.86. The van der Waals surface area contributed by atoms with E-state index in [1.807, 2.05) is 13.8 Å². The maximum atomic E-state index is 12.3. The number of hydrogen-bond donors (Lipinski definition) is 3. The van der Waals surface area contributed by atoms with E-state index in [4.69, 9.17) is 10.8 Å². The van der Waals surface area contributed by atoms with Crippen molar-refractivity contribution < 1.29 is 24.6 Å². The van der Waals surface area contributed by atoms with E-state index in [2.05, 4.69) is 0 Å². The fraction of sp³-hybridized carbons (Fsp3) is 0.750. The number of urea groups is 1. The van der Waals surface area contributed by atoms with E-state index >= 15 is 0 Å². The summed E-state index contributed by atoms with van der Waals surface area (Å²) in [5.41, 5.74) is 5.11. The van der Waals surface area contributed by atoms with E-state index in [-0.39, 0.29) is 25.4 Å². The van der Waals surface area contributed by atoms with Gasteiger partial charge in [-0.3, -0.25) is 4.79 Å². The first-order chi connectivity index (χ1) is 9.22. The Morgan fingerprint density at radius 2 is 2.00 bits per heavy atom. The van der Waals surface area contributed by atoms with Gasteiger partial charge in [-0.1, -0.05) is 13.8 Å². The number of rotatable bonds is 5. The maximum absolute atomic E-state index is 12.3. The summed E-state index contributed by atoms with van der Waals surface area (Å²) in [5, 5.41) is 18.6. The van der Waals surface area contributed by atoms with Gasteiger partial charge in [-0.25, -0.2) is 9.59 Å². The lowest BCUT2D eigenvalue weighted by atomic mass is 10.2. The molecule has 1 heterocycles. The van der Waals surface area contributed by atoms with Crippen molar-refractivity contribution in [2.24, 2.45) is 11.7 Å². The SMILES string of the molecule is CC(C)CN(CC(N)=O)C(=O)N1C[C@H](O)C[C@H]1C(=O)O. The van der Waals surface area contributed by atoms with Gasteiger partial charge in [0.2, 0.25) is 5.91 Å². The van der Waals surface area contributed by atoms with Crippen LogP contribution in [0.5, 0.6) is 0 Å². The molecule has 1 aliphatic rings. The van der Waals surface area contributed by atoms with Crippen LogP contribution in [0.3, 0.4) is 0 Å². The van der Waals surface area contributed by atoms with Crippen LogP contribution in [0.25, 0.3) is 0 Å². The molecule has 4 N–H and O–H groups in total. The molecule has 0 aromatic carbocycles. The van der Waals surface area contributed by atoms with Gasteiger partial charge in [0.15, 0.2) is 0 Å². The van der Waals surface area contributed by atoms with Gasteiger partial charge in [-0.15, -0.1) is 0 Å². The van der Waals surface area contributed by atoms with Crippen LogP contribution in [-0.2, 0) is 9.59 Å². The normalized spacial score (nSPS) is 22.1. The third-order valence-corrected chi connectivity index (χ3v) is 3.01. The zero-order chi connectivity index (χ0) is 15.4. The highest BCUT2D eigenvalue weighted by atomic mass is 16.4. The van der Waals surface area contributed by atoms with E-state index < -0.39 is 30.1 Å². The number of β-amino-alcohol motifs (C(OH)–C–C–N with tert-alkyl or cyclic N) is 1. The van der Waals surface area contributed by atoms with Crippen LogP contribution in [0.1, 0.15) is 20.3 Å². The highest BCUT2D eigenvalue weighted by molar-refractivity contribution is 5.86. The lowest BCUT2D eigenvalue weighted by molar-refractivity contribution is -0.141. The molecule has 2 atom stereocenters. The summed E-state index contributed by atoms with van der Waals surface area (Å²) in [6.45, 7) is 3.71. The molecule has 0 aliphatic carbocycles. The van der Waals surface area contributed by atoms with Crippen molar-refractivity contribution in [1.82, 2.24) is 9.80 Å². The first-order valence-corrected chi connectivity index (χ1v) is 6.47. The first-order valence-electron chi connectivity index (χ1n) is 6.47.